The van der Waals surface area contributed by atoms with Crippen LogP contribution in [-0.4, -0.2) is 93.9 Å². The number of aliphatic hydroxyl groups excluding tert-OH is 1. The van der Waals surface area contributed by atoms with Gasteiger partial charge in [0.15, 0.2) is 20.3 Å². The standard InChI is InChI=1S/C31H41F2N3O6Si/c1-31(2,3)43(4,5)42-25-17-40-28-24(16-39-29(25)28)41-30-19(8-11-37)27-23(35-30)7-6-22(34-27)26-20(32)14-18(15-21(26)33)36-9-12-38-13-10-36/h6-7,14-15,24-25,28-29,35,37H,8-13,16-17H2,1-5H3/t24-,25?,28-,29-/m1/s1. The molecular formula is C31H41F2N3O6Si. The van der Waals surface area contributed by atoms with Crippen molar-refractivity contribution in [1.29, 1.82) is 0 Å². The summed E-state index contributed by atoms with van der Waals surface area (Å²) < 4.78 is 61.4. The number of aliphatic hydroxyl groups is 1. The largest absolute Gasteiger partial charge is 0.470 e. The maximum absolute atomic E-state index is 15.4. The van der Waals surface area contributed by atoms with E-state index in [4.69, 9.17) is 23.4 Å². The topological polar surface area (TPSA) is 98.3 Å². The number of anilines is 1. The van der Waals surface area contributed by atoms with E-state index < -0.39 is 26.1 Å². The summed E-state index contributed by atoms with van der Waals surface area (Å²) >= 11 is 0. The fraction of sp³-hybridized carbons (Fsp3) is 0.581. The Bertz CT molecular complexity index is 1450. The predicted molar refractivity (Wildman–Crippen MR) is 161 cm³/mol. The molecule has 12 heteroatoms. The second kappa shape index (κ2) is 11.7. The van der Waals surface area contributed by atoms with Crippen molar-refractivity contribution in [1.82, 2.24) is 9.97 Å². The number of halogens is 2. The first kappa shape index (κ1) is 30.4. The molecule has 43 heavy (non-hydrogen) atoms. The molecule has 3 aliphatic heterocycles. The van der Waals surface area contributed by atoms with Gasteiger partial charge >= 0.3 is 0 Å². The number of hydrogen-bond acceptors (Lipinski definition) is 8. The number of aromatic amines is 1. The van der Waals surface area contributed by atoms with Gasteiger partial charge in [-0.25, -0.2) is 13.8 Å². The summed E-state index contributed by atoms with van der Waals surface area (Å²) in [6.45, 7) is 13.8. The van der Waals surface area contributed by atoms with Gasteiger partial charge in [0.2, 0.25) is 0 Å². The van der Waals surface area contributed by atoms with Crippen LogP contribution in [0.15, 0.2) is 24.3 Å². The van der Waals surface area contributed by atoms with E-state index in [9.17, 15) is 5.11 Å². The monoisotopic (exact) mass is 617 g/mol. The van der Waals surface area contributed by atoms with Crippen LogP contribution in [0.5, 0.6) is 5.88 Å². The third kappa shape index (κ3) is 5.80. The second-order valence-corrected chi connectivity index (χ2v) is 17.8. The van der Waals surface area contributed by atoms with E-state index >= 15 is 8.78 Å². The molecule has 3 aromatic rings. The number of aromatic nitrogens is 2. The molecule has 2 aromatic heterocycles. The van der Waals surface area contributed by atoms with Gasteiger partial charge in [-0.3, -0.25) is 0 Å². The van der Waals surface area contributed by atoms with Crippen molar-refractivity contribution in [2.45, 2.75) is 69.7 Å². The Morgan fingerprint density at radius 1 is 1.05 bits per heavy atom. The first-order valence-corrected chi connectivity index (χ1v) is 17.9. The number of H-pyrrole nitrogens is 1. The van der Waals surface area contributed by atoms with Crippen LogP contribution in [0.1, 0.15) is 26.3 Å². The number of rotatable bonds is 8. The van der Waals surface area contributed by atoms with Gasteiger partial charge in [0.1, 0.15) is 23.8 Å². The molecule has 0 radical (unpaired) electrons. The van der Waals surface area contributed by atoms with Gasteiger partial charge in [0.05, 0.1) is 54.8 Å². The van der Waals surface area contributed by atoms with Crippen LogP contribution in [0.2, 0.25) is 18.1 Å². The van der Waals surface area contributed by atoms with E-state index in [-0.39, 0.29) is 47.6 Å². The van der Waals surface area contributed by atoms with E-state index in [1.165, 1.54) is 12.1 Å². The molecule has 2 N–H and O–H groups in total. The van der Waals surface area contributed by atoms with Gasteiger partial charge in [-0.2, -0.15) is 0 Å². The lowest BCUT2D eigenvalue weighted by atomic mass is 10.1. The first-order valence-electron chi connectivity index (χ1n) is 15.0. The third-order valence-electron chi connectivity index (χ3n) is 9.21. The highest BCUT2D eigenvalue weighted by Crippen LogP contribution is 2.41. The summed E-state index contributed by atoms with van der Waals surface area (Å²) in [4.78, 5) is 9.80. The highest BCUT2D eigenvalue weighted by Gasteiger charge is 2.52. The van der Waals surface area contributed by atoms with E-state index in [2.05, 4.69) is 43.8 Å². The fourth-order valence-corrected chi connectivity index (χ4v) is 7.14. The van der Waals surface area contributed by atoms with Crippen LogP contribution in [-0.2, 0) is 25.1 Å². The molecule has 1 aromatic carbocycles. The molecule has 1 unspecified atom stereocenters. The van der Waals surface area contributed by atoms with Crippen LogP contribution in [0, 0.1) is 11.6 Å². The Hall–Kier alpha value is -2.61. The van der Waals surface area contributed by atoms with Crippen LogP contribution in [0.3, 0.4) is 0 Å². The van der Waals surface area contributed by atoms with Crippen molar-refractivity contribution in [3.8, 4) is 17.1 Å². The van der Waals surface area contributed by atoms with Crippen LogP contribution >= 0.6 is 0 Å². The minimum atomic E-state index is -2.03. The lowest BCUT2D eigenvalue weighted by molar-refractivity contribution is 0.0124. The Morgan fingerprint density at radius 2 is 1.70 bits per heavy atom. The van der Waals surface area contributed by atoms with Crippen LogP contribution in [0.25, 0.3) is 22.3 Å². The summed E-state index contributed by atoms with van der Waals surface area (Å²) in [6, 6.07) is 5.99. The number of nitrogens with one attached hydrogen (secondary N) is 1. The van der Waals surface area contributed by atoms with Crippen molar-refractivity contribution in [3.05, 3.63) is 41.5 Å². The second-order valence-electron chi connectivity index (χ2n) is 13.1. The maximum atomic E-state index is 15.4. The Kier molecular flexibility index (Phi) is 8.29. The average Bonchev–Trinajstić information content (AvgIpc) is 3.64. The Labute approximate surface area is 251 Å². The van der Waals surface area contributed by atoms with E-state index in [1.807, 2.05) is 4.90 Å². The number of hydrogen-bond donors (Lipinski definition) is 2. The molecule has 6 rings (SSSR count). The molecule has 0 saturated carbocycles. The van der Waals surface area contributed by atoms with Gasteiger partial charge in [0, 0.05) is 37.4 Å². The normalized spacial score (nSPS) is 24.6. The zero-order valence-electron chi connectivity index (χ0n) is 25.4. The fourth-order valence-electron chi connectivity index (χ4n) is 5.83. The Balaban J connectivity index is 1.24. The van der Waals surface area contributed by atoms with E-state index in [0.29, 0.717) is 67.7 Å². The molecule has 0 aliphatic carbocycles. The minimum Gasteiger partial charge on any atom is -0.470 e. The smallest absolute Gasteiger partial charge is 0.197 e. The molecule has 0 spiro atoms. The lowest BCUT2D eigenvalue weighted by Gasteiger charge is -2.39. The zero-order chi connectivity index (χ0) is 30.5. The van der Waals surface area contributed by atoms with Gasteiger partial charge in [-0.1, -0.05) is 20.8 Å². The quantitative estimate of drug-likeness (QED) is 0.348. The number of pyridine rings is 1. The summed E-state index contributed by atoms with van der Waals surface area (Å²) in [5.41, 5.74) is 2.19. The molecule has 0 bridgehead atoms. The molecule has 3 aliphatic rings. The van der Waals surface area contributed by atoms with E-state index in [1.54, 1.807) is 12.1 Å². The molecular weight excluding hydrogens is 576 g/mol. The summed E-state index contributed by atoms with van der Waals surface area (Å²) in [7, 11) is -2.03. The number of morpholine rings is 1. The van der Waals surface area contributed by atoms with Crippen molar-refractivity contribution in [2.75, 3.05) is 51.0 Å². The molecule has 0 amide bonds. The highest BCUT2D eigenvalue weighted by molar-refractivity contribution is 6.74. The Morgan fingerprint density at radius 3 is 2.35 bits per heavy atom. The van der Waals surface area contributed by atoms with Crippen molar-refractivity contribution < 1.29 is 37.3 Å². The molecule has 4 atom stereocenters. The molecule has 234 valence electrons. The SMILES string of the molecule is CC(C)(C)[Si](C)(C)OC1CO[C@H]2[C@@H]1OC[C@H]2Oc1[nH]c2ccc(-c3c(F)cc(N4CCOCC4)cc3F)nc2c1CCO. The summed E-state index contributed by atoms with van der Waals surface area (Å²) in [5, 5.41) is 9.94. The van der Waals surface area contributed by atoms with Crippen molar-refractivity contribution >= 4 is 25.0 Å². The number of fused-ring (bicyclic) bond motifs is 2. The van der Waals surface area contributed by atoms with Gasteiger partial charge in [-0.15, -0.1) is 0 Å². The number of nitrogens with zero attached hydrogens (tertiary/aromatic N) is 2. The summed E-state index contributed by atoms with van der Waals surface area (Å²) in [6.07, 6.45) is -0.860. The van der Waals surface area contributed by atoms with Gasteiger partial charge in [0.25, 0.3) is 0 Å². The lowest BCUT2D eigenvalue weighted by Crippen LogP contribution is -2.47. The molecule has 3 saturated heterocycles. The first-order chi connectivity index (χ1) is 20.5. The molecule has 9 nitrogen and oxygen atoms in total. The zero-order valence-corrected chi connectivity index (χ0v) is 26.4. The van der Waals surface area contributed by atoms with Crippen molar-refractivity contribution in [3.63, 3.8) is 0 Å². The molecule has 5 heterocycles. The molecule has 3 fully saturated rings. The van der Waals surface area contributed by atoms with Gasteiger partial charge < -0.3 is 38.4 Å². The maximum Gasteiger partial charge on any atom is 0.197 e. The number of benzene rings is 1. The summed E-state index contributed by atoms with van der Waals surface area (Å²) in [5.74, 6) is -0.943. The van der Waals surface area contributed by atoms with Crippen molar-refractivity contribution in [2.24, 2.45) is 0 Å². The van der Waals surface area contributed by atoms with Gasteiger partial charge in [-0.05, 0) is 42.4 Å². The van der Waals surface area contributed by atoms with Crippen LogP contribution in [0.4, 0.5) is 14.5 Å². The van der Waals surface area contributed by atoms with Crippen LogP contribution < -0.4 is 9.64 Å². The average molecular weight is 618 g/mol. The van der Waals surface area contributed by atoms with E-state index in [0.717, 1.165) is 0 Å². The third-order valence-corrected chi connectivity index (χ3v) is 13.7. The number of ether oxygens (including phenoxy) is 4. The highest BCUT2D eigenvalue weighted by atomic mass is 28.4. The predicted octanol–water partition coefficient (Wildman–Crippen LogP) is 4.81. The minimum absolute atomic E-state index is 0.0611.